The molecule has 0 aliphatic rings. The summed E-state index contributed by atoms with van der Waals surface area (Å²) in [5.41, 5.74) is 14.3. The Labute approximate surface area is 233 Å². The van der Waals surface area contributed by atoms with E-state index >= 15 is 0 Å². The van der Waals surface area contributed by atoms with Gasteiger partial charge >= 0.3 is 17.9 Å². The molecule has 41 heavy (non-hydrogen) atoms. The first-order chi connectivity index (χ1) is 19.4. The summed E-state index contributed by atoms with van der Waals surface area (Å²) in [6, 6.07) is 3.82. The van der Waals surface area contributed by atoms with Gasteiger partial charge in [-0.1, -0.05) is 12.1 Å². The zero-order valence-electron chi connectivity index (χ0n) is 21.9. The number of nitrogens with zero attached hydrogens (tertiary/aromatic N) is 2. The van der Waals surface area contributed by atoms with E-state index in [2.05, 4.69) is 25.6 Å². The van der Waals surface area contributed by atoms with Crippen LogP contribution in [0.1, 0.15) is 53.6 Å². The molecule has 3 rings (SSSR count). The summed E-state index contributed by atoms with van der Waals surface area (Å²) in [5, 5.41) is 32.6. The number of aromatic amines is 1. The fraction of sp³-hybridized carbons (Fsp3) is 0.346. The third-order valence-corrected chi connectivity index (χ3v) is 6.33. The Morgan fingerprint density at radius 1 is 0.854 bits per heavy atom. The number of anilines is 2. The molecule has 15 heteroatoms. The Balaban J connectivity index is 1.50. The molecule has 2 heterocycles. The van der Waals surface area contributed by atoms with Crippen molar-refractivity contribution in [1.82, 2.24) is 25.6 Å². The van der Waals surface area contributed by atoms with Crippen molar-refractivity contribution >= 4 is 52.5 Å². The summed E-state index contributed by atoms with van der Waals surface area (Å²) in [6.07, 6.45) is 2.49. The van der Waals surface area contributed by atoms with Gasteiger partial charge in [0.05, 0.1) is 5.39 Å². The number of hydrogen-bond acceptors (Lipinski definition) is 9. The lowest BCUT2D eigenvalue weighted by Crippen LogP contribution is -2.44. The number of carboxylic acids is 3. The number of nitrogens with one attached hydrogen (secondary N) is 3. The first kappa shape index (κ1) is 30.3. The molecule has 0 unspecified atom stereocenters. The van der Waals surface area contributed by atoms with E-state index in [1.54, 1.807) is 24.3 Å². The summed E-state index contributed by atoms with van der Waals surface area (Å²) >= 11 is 0. The van der Waals surface area contributed by atoms with Crippen LogP contribution >= 0.6 is 0 Å². The third kappa shape index (κ3) is 8.64. The van der Waals surface area contributed by atoms with Crippen LogP contribution in [0.3, 0.4) is 0 Å². The summed E-state index contributed by atoms with van der Waals surface area (Å²) < 4.78 is 0. The molecule has 3 aromatic rings. The van der Waals surface area contributed by atoms with E-state index in [9.17, 15) is 29.1 Å². The van der Waals surface area contributed by atoms with E-state index in [4.69, 9.17) is 21.7 Å². The Morgan fingerprint density at radius 2 is 1.49 bits per heavy atom. The van der Waals surface area contributed by atoms with Crippen LogP contribution in [0.2, 0.25) is 0 Å². The number of nitrogen functional groups attached to an aromatic ring is 2. The highest BCUT2D eigenvalue weighted by Crippen LogP contribution is 2.24. The largest absolute Gasteiger partial charge is 0.481 e. The zero-order valence-corrected chi connectivity index (χ0v) is 21.9. The summed E-state index contributed by atoms with van der Waals surface area (Å²) in [7, 11) is 0. The maximum absolute atomic E-state index is 12.6. The second-order valence-corrected chi connectivity index (χ2v) is 9.35. The number of aryl methyl sites for hydroxylation is 2. The number of carbonyl (C=O) groups excluding carboxylic acids is 2. The van der Waals surface area contributed by atoms with Crippen molar-refractivity contribution in [3.63, 3.8) is 0 Å². The smallest absolute Gasteiger partial charge is 0.326 e. The first-order valence-electron chi connectivity index (χ1n) is 12.7. The quantitative estimate of drug-likeness (QED) is 0.126. The maximum atomic E-state index is 12.6. The minimum Gasteiger partial charge on any atom is -0.481 e. The van der Waals surface area contributed by atoms with Crippen molar-refractivity contribution in [2.24, 2.45) is 0 Å². The van der Waals surface area contributed by atoms with E-state index in [1.165, 1.54) is 0 Å². The molecule has 15 nitrogen and oxygen atoms in total. The van der Waals surface area contributed by atoms with Crippen LogP contribution in [0, 0.1) is 0 Å². The van der Waals surface area contributed by atoms with E-state index in [-0.39, 0.29) is 24.4 Å². The Hall–Kier alpha value is -5.21. The van der Waals surface area contributed by atoms with Crippen LogP contribution in [0.25, 0.3) is 11.0 Å². The monoisotopic (exact) mass is 569 g/mol. The first-order valence-corrected chi connectivity index (χ1v) is 12.7. The van der Waals surface area contributed by atoms with Gasteiger partial charge in [0, 0.05) is 24.6 Å². The molecule has 2 aromatic heterocycles. The molecule has 1 aromatic carbocycles. The molecular formula is C26H31N7O8. The van der Waals surface area contributed by atoms with Gasteiger partial charge in [0.25, 0.3) is 5.91 Å². The van der Waals surface area contributed by atoms with E-state index in [0.717, 1.165) is 22.9 Å². The van der Waals surface area contributed by atoms with E-state index in [0.29, 0.717) is 24.3 Å². The molecule has 2 amide bonds. The molecule has 0 aliphatic heterocycles. The number of carboxylic acid groups (broad SMARTS) is 3. The van der Waals surface area contributed by atoms with Gasteiger partial charge in [-0.15, -0.1) is 0 Å². The van der Waals surface area contributed by atoms with E-state index < -0.39 is 54.6 Å². The Morgan fingerprint density at radius 3 is 2.12 bits per heavy atom. The summed E-state index contributed by atoms with van der Waals surface area (Å²) in [5.74, 6) is -5.03. The van der Waals surface area contributed by atoms with Crippen LogP contribution in [-0.2, 0) is 32.0 Å². The normalized spacial score (nSPS) is 12.4. The average Bonchev–Trinajstić information content (AvgIpc) is 3.31. The molecule has 0 aliphatic carbocycles. The van der Waals surface area contributed by atoms with Crippen LogP contribution in [0.4, 0.5) is 11.8 Å². The number of nitrogens with two attached hydrogens (primary N) is 2. The second kappa shape index (κ2) is 13.7. The van der Waals surface area contributed by atoms with Crippen molar-refractivity contribution in [2.45, 2.75) is 57.0 Å². The summed E-state index contributed by atoms with van der Waals surface area (Å²) in [4.78, 5) is 69.5. The van der Waals surface area contributed by atoms with Crippen molar-refractivity contribution in [1.29, 1.82) is 0 Å². The number of benzene rings is 1. The van der Waals surface area contributed by atoms with Crippen LogP contribution < -0.4 is 22.1 Å². The SMILES string of the molecule is Nc1nc(N)c2c(CCCc3ccc(C(=O)N[C@@H](CCC(=O)N[C@@H](CCC(=O)O)C(=O)O)C(=O)O)cc3)c[nH]c2n1. The van der Waals surface area contributed by atoms with Crippen LogP contribution in [0.15, 0.2) is 30.5 Å². The van der Waals surface area contributed by atoms with Gasteiger partial charge in [-0.05, 0) is 55.4 Å². The second-order valence-electron chi connectivity index (χ2n) is 9.35. The van der Waals surface area contributed by atoms with Gasteiger partial charge in [0.1, 0.15) is 23.5 Å². The van der Waals surface area contributed by atoms with Gasteiger partial charge in [-0.3, -0.25) is 14.4 Å². The lowest BCUT2D eigenvalue weighted by atomic mass is 10.0. The minimum atomic E-state index is -1.43. The molecule has 0 saturated carbocycles. The molecule has 0 radical (unpaired) electrons. The molecule has 0 bridgehead atoms. The predicted octanol–water partition coefficient (Wildman–Crippen LogP) is 0.695. The number of aromatic nitrogens is 3. The maximum Gasteiger partial charge on any atom is 0.326 e. The minimum absolute atomic E-state index is 0.0894. The van der Waals surface area contributed by atoms with Crippen molar-refractivity contribution in [2.75, 3.05) is 11.5 Å². The topological polar surface area (TPSA) is 264 Å². The molecule has 0 saturated heterocycles. The highest BCUT2D eigenvalue weighted by Gasteiger charge is 2.24. The fourth-order valence-corrected chi connectivity index (χ4v) is 4.21. The molecule has 0 fully saturated rings. The zero-order chi connectivity index (χ0) is 30.1. The van der Waals surface area contributed by atoms with Crippen LogP contribution in [-0.4, -0.2) is 72.1 Å². The van der Waals surface area contributed by atoms with Gasteiger partial charge in [0.15, 0.2) is 0 Å². The van der Waals surface area contributed by atoms with Crippen molar-refractivity contribution < 1.29 is 39.3 Å². The van der Waals surface area contributed by atoms with Crippen molar-refractivity contribution in [3.8, 4) is 0 Å². The number of fused-ring (bicyclic) bond motifs is 1. The van der Waals surface area contributed by atoms with Crippen LogP contribution in [0.5, 0.6) is 0 Å². The lowest BCUT2D eigenvalue weighted by Gasteiger charge is -2.16. The fourth-order valence-electron chi connectivity index (χ4n) is 4.21. The average molecular weight is 570 g/mol. The number of hydrogen-bond donors (Lipinski definition) is 8. The molecule has 10 N–H and O–H groups in total. The number of carbonyl (C=O) groups is 5. The lowest BCUT2D eigenvalue weighted by molar-refractivity contribution is -0.143. The van der Waals surface area contributed by atoms with Gasteiger partial charge in [-0.2, -0.15) is 9.97 Å². The summed E-state index contributed by atoms with van der Waals surface area (Å²) in [6.45, 7) is 0. The predicted molar refractivity (Wildman–Crippen MR) is 146 cm³/mol. The third-order valence-electron chi connectivity index (χ3n) is 6.33. The highest BCUT2D eigenvalue weighted by atomic mass is 16.4. The molecule has 2 atom stereocenters. The van der Waals surface area contributed by atoms with E-state index in [1.807, 2.05) is 6.20 Å². The van der Waals surface area contributed by atoms with Crippen molar-refractivity contribution in [3.05, 3.63) is 47.2 Å². The number of aliphatic carboxylic acids is 3. The Kier molecular flexibility index (Phi) is 10.2. The molecular weight excluding hydrogens is 538 g/mol. The van der Waals surface area contributed by atoms with Gasteiger partial charge in [0.2, 0.25) is 11.9 Å². The molecule has 0 spiro atoms. The standard InChI is InChI=1S/C26H31N7O8/c27-21-20-15(12-29-22(20)33-26(28)32-21)3-1-2-13-4-6-14(7-5-13)23(37)31-17(25(40)41)8-10-18(34)30-16(24(38)39)9-11-19(35)36/h4-7,12,16-17H,1-3,8-11H2,(H,30,34)(H,31,37)(H,35,36)(H,38,39)(H,40,41)(H5,27,28,29,32,33)/t16-,17-/m0/s1. The van der Waals surface area contributed by atoms with Gasteiger partial charge < -0.3 is 42.4 Å². The molecule has 218 valence electrons. The van der Waals surface area contributed by atoms with Gasteiger partial charge in [-0.25, -0.2) is 9.59 Å². The number of rotatable bonds is 15. The Bertz CT molecular complexity index is 1440. The number of amides is 2. The number of H-pyrrole nitrogens is 1. The highest BCUT2D eigenvalue weighted by molar-refractivity contribution is 5.96.